The number of hydrogen-bond acceptors (Lipinski definition) is 3. The zero-order valence-corrected chi connectivity index (χ0v) is 11.6. The number of hydrogen-bond donors (Lipinski definition) is 3. The maximum atomic E-state index is 11.8. The maximum absolute atomic E-state index is 11.8. The van der Waals surface area contributed by atoms with Gasteiger partial charge in [-0.25, -0.2) is 0 Å². The Morgan fingerprint density at radius 2 is 1.14 bits per heavy atom. The van der Waals surface area contributed by atoms with Gasteiger partial charge in [0, 0.05) is 12.1 Å². The van der Waals surface area contributed by atoms with Gasteiger partial charge in [-0.15, -0.1) is 0 Å². The predicted molar refractivity (Wildman–Crippen MR) is 70.5 cm³/mol. The Morgan fingerprint density at radius 3 is 1.24 bits per heavy atom. The van der Waals surface area contributed by atoms with Gasteiger partial charge in [-0.1, -0.05) is 28.2 Å². The minimum Gasteiger partial charge on any atom is -0.395 e. The van der Waals surface area contributed by atoms with E-state index in [1.807, 2.05) is 0 Å². The number of aliphatic hydroxyl groups is 1. The van der Waals surface area contributed by atoms with E-state index >= 15 is 0 Å². The number of nitrogens with two attached hydrogens (primary N) is 2. The third kappa shape index (κ3) is 10.8. The van der Waals surface area contributed by atoms with Crippen molar-refractivity contribution in [1.82, 2.24) is 0 Å². The summed E-state index contributed by atoms with van der Waals surface area (Å²) in [6.07, 6.45) is -8.09. The van der Waals surface area contributed by atoms with Gasteiger partial charge in [-0.05, 0) is 6.42 Å². The predicted octanol–water partition coefficient (Wildman–Crippen LogP) is 3.06. The highest BCUT2D eigenvalue weighted by Gasteiger charge is 2.39. The number of halogens is 6. The highest BCUT2D eigenvalue weighted by Crippen LogP contribution is 2.28. The summed E-state index contributed by atoms with van der Waals surface area (Å²) >= 11 is 0. The van der Waals surface area contributed by atoms with Gasteiger partial charge < -0.3 is 16.6 Å². The van der Waals surface area contributed by atoms with Crippen LogP contribution in [0.2, 0.25) is 0 Å². The summed E-state index contributed by atoms with van der Waals surface area (Å²) in [6.45, 7) is 3.06. The molecule has 3 nitrogen and oxygen atoms in total. The Hall–Kier alpha value is -0.540. The second kappa shape index (κ2) is 10.2. The molecule has 0 bridgehead atoms. The number of aliphatic hydroxyl groups excluding tert-OH is 1. The van der Waals surface area contributed by atoms with Crippen molar-refractivity contribution in [1.29, 1.82) is 0 Å². The average molecular weight is 328 g/mol. The van der Waals surface area contributed by atoms with E-state index in [0.29, 0.717) is 6.42 Å². The van der Waals surface area contributed by atoms with Crippen LogP contribution < -0.4 is 11.5 Å². The van der Waals surface area contributed by atoms with E-state index < -0.39 is 42.9 Å². The Morgan fingerprint density at radius 1 is 0.857 bits per heavy atom. The van der Waals surface area contributed by atoms with Crippen LogP contribution in [0.25, 0.3) is 0 Å². The standard InChI is InChI=1S/C6H12F3N.C5H10F3NO.CH4/c1-3-5(10)4(2)6(7,8)9;1-3(4(9)2-10)5(6,7)8;/h4-5H,3,10H2,1-2H3;3-4,10H,2,9H2,1H3;1H4/t4-,5-;3-,4-;/m01./s1. The molecular weight excluding hydrogens is 302 g/mol. The van der Waals surface area contributed by atoms with Crippen molar-refractivity contribution in [3.05, 3.63) is 0 Å². The van der Waals surface area contributed by atoms with E-state index in [9.17, 15) is 26.3 Å². The van der Waals surface area contributed by atoms with Gasteiger partial charge in [0.25, 0.3) is 0 Å². The highest BCUT2D eigenvalue weighted by molar-refractivity contribution is 4.74. The van der Waals surface area contributed by atoms with Crippen LogP contribution in [-0.4, -0.2) is 36.1 Å². The summed E-state index contributed by atoms with van der Waals surface area (Å²) in [5.41, 5.74) is 10.1. The maximum Gasteiger partial charge on any atom is 0.393 e. The van der Waals surface area contributed by atoms with Gasteiger partial charge in [0.15, 0.2) is 0 Å². The Balaban J connectivity index is -0.000000295. The van der Waals surface area contributed by atoms with Crippen LogP contribution in [0.4, 0.5) is 26.3 Å². The molecule has 0 aliphatic heterocycles. The third-order valence-electron chi connectivity index (χ3n) is 3.00. The molecule has 0 heterocycles. The fraction of sp³-hybridized carbons (Fsp3) is 1.00. The lowest BCUT2D eigenvalue weighted by Gasteiger charge is -2.20. The minimum absolute atomic E-state index is 0. The second-order valence-electron chi connectivity index (χ2n) is 4.58. The van der Waals surface area contributed by atoms with Crippen LogP contribution in [0.5, 0.6) is 0 Å². The van der Waals surface area contributed by atoms with Crippen molar-refractivity contribution in [2.75, 3.05) is 6.61 Å². The summed E-state index contributed by atoms with van der Waals surface area (Å²) < 4.78 is 70.5. The lowest BCUT2D eigenvalue weighted by molar-refractivity contribution is -0.177. The first-order valence-electron chi connectivity index (χ1n) is 6.04. The molecule has 0 fully saturated rings. The van der Waals surface area contributed by atoms with Crippen LogP contribution in [0, 0.1) is 11.8 Å². The van der Waals surface area contributed by atoms with Crippen molar-refractivity contribution < 1.29 is 31.4 Å². The van der Waals surface area contributed by atoms with Gasteiger partial charge >= 0.3 is 12.4 Å². The molecule has 132 valence electrons. The van der Waals surface area contributed by atoms with Crippen molar-refractivity contribution in [3.8, 4) is 0 Å². The quantitative estimate of drug-likeness (QED) is 0.695. The summed E-state index contributed by atoms with van der Waals surface area (Å²) in [6, 6.07) is -1.97. The van der Waals surface area contributed by atoms with E-state index in [1.165, 1.54) is 0 Å². The molecule has 0 aromatic rings. The topological polar surface area (TPSA) is 72.3 Å². The summed E-state index contributed by atoms with van der Waals surface area (Å²) in [7, 11) is 0. The van der Waals surface area contributed by atoms with Gasteiger partial charge in [0.1, 0.15) is 0 Å². The van der Waals surface area contributed by atoms with E-state index in [0.717, 1.165) is 13.8 Å². The smallest absolute Gasteiger partial charge is 0.393 e. The molecular formula is C12H26F6N2O. The summed E-state index contributed by atoms with van der Waals surface area (Å²) in [4.78, 5) is 0. The van der Waals surface area contributed by atoms with Crippen LogP contribution in [0.3, 0.4) is 0 Å². The molecule has 5 N–H and O–H groups in total. The molecule has 0 aromatic heterocycles. The first-order valence-corrected chi connectivity index (χ1v) is 6.04. The first-order chi connectivity index (χ1) is 8.78. The Labute approximate surface area is 121 Å². The van der Waals surface area contributed by atoms with E-state index in [2.05, 4.69) is 0 Å². The SMILES string of the molecule is C.CC[C@H](N)[C@H](C)C(F)(F)F.C[C@H]([C@H](N)CO)C(F)(F)F. The molecule has 0 aliphatic carbocycles. The van der Waals surface area contributed by atoms with Gasteiger partial charge in [-0.3, -0.25) is 0 Å². The molecule has 4 atom stereocenters. The normalized spacial score (nSPS) is 17.7. The van der Waals surface area contributed by atoms with E-state index in [-0.39, 0.29) is 7.43 Å². The second-order valence-corrected chi connectivity index (χ2v) is 4.58. The Bertz CT molecular complexity index is 231. The molecule has 21 heavy (non-hydrogen) atoms. The molecule has 0 aliphatic rings. The average Bonchev–Trinajstić information content (AvgIpc) is 2.33. The van der Waals surface area contributed by atoms with Crippen molar-refractivity contribution in [2.24, 2.45) is 23.3 Å². The lowest BCUT2D eigenvalue weighted by atomic mass is 10.0. The van der Waals surface area contributed by atoms with E-state index in [1.54, 1.807) is 6.92 Å². The monoisotopic (exact) mass is 328 g/mol. The van der Waals surface area contributed by atoms with Gasteiger partial charge in [-0.2, -0.15) is 26.3 Å². The zero-order valence-electron chi connectivity index (χ0n) is 11.6. The summed E-state index contributed by atoms with van der Waals surface area (Å²) in [5.74, 6) is -3.03. The fourth-order valence-electron chi connectivity index (χ4n) is 0.997. The van der Waals surface area contributed by atoms with E-state index in [4.69, 9.17) is 16.6 Å². The number of rotatable bonds is 4. The summed E-state index contributed by atoms with van der Waals surface area (Å²) in [5, 5.41) is 8.24. The number of alkyl halides is 6. The van der Waals surface area contributed by atoms with Gasteiger partial charge in [0.05, 0.1) is 18.4 Å². The van der Waals surface area contributed by atoms with Crippen LogP contribution in [0.15, 0.2) is 0 Å². The van der Waals surface area contributed by atoms with Crippen LogP contribution >= 0.6 is 0 Å². The van der Waals surface area contributed by atoms with Gasteiger partial charge in [0.2, 0.25) is 0 Å². The lowest BCUT2D eigenvalue weighted by Crippen LogP contribution is -2.40. The zero-order chi connectivity index (χ0) is 16.7. The molecule has 0 saturated heterocycles. The van der Waals surface area contributed by atoms with Crippen LogP contribution in [0.1, 0.15) is 34.6 Å². The van der Waals surface area contributed by atoms with Crippen molar-refractivity contribution in [3.63, 3.8) is 0 Å². The fourth-order valence-corrected chi connectivity index (χ4v) is 0.997. The first kappa shape index (κ1) is 25.4. The molecule has 0 amide bonds. The molecule has 0 rings (SSSR count). The Kier molecular flexibility index (Phi) is 12.4. The molecule has 0 spiro atoms. The molecule has 0 saturated carbocycles. The minimum atomic E-state index is -4.30. The van der Waals surface area contributed by atoms with Crippen molar-refractivity contribution in [2.45, 2.75) is 59.1 Å². The van der Waals surface area contributed by atoms with Crippen molar-refractivity contribution >= 4 is 0 Å². The molecule has 9 heteroatoms. The van der Waals surface area contributed by atoms with Crippen LogP contribution in [-0.2, 0) is 0 Å². The largest absolute Gasteiger partial charge is 0.395 e. The molecule has 0 radical (unpaired) electrons. The molecule has 0 aromatic carbocycles. The highest BCUT2D eigenvalue weighted by atomic mass is 19.4. The third-order valence-corrected chi connectivity index (χ3v) is 3.00. The molecule has 0 unspecified atom stereocenters.